The highest BCUT2D eigenvalue weighted by molar-refractivity contribution is 5.85. The van der Waals surface area contributed by atoms with Crippen LogP contribution in [-0.2, 0) is 19.9 Å². The molecule has 3 rings (SSSR count). The Balaban J connectivity index is 1.89. The summed E-state index contributed by atoms with van der Waals surface area (Å²) in [5.74, 6) is -0.364. The molecule has 2 aromatic rings. The molecule has 1 saturated heterocycles. The number of rotatable bonds is 6. The molecule has 0 aliphatic carbocycles. The van der Waals surface area contributed by atoms with Crippen molar-refractivity contribution in [1.82, 2.24) is 4.90 Å². The number of ether oxygens (including phenoxy) is 2. The minimum absolute atomic E-state index is 0.272. The monoisotopic (exact) mass is 353 g/mol. The van der Waals surface area contributed by atoms with E-state index < -0.39 is 5.60 Å². The van der Waals surface area contributed by atoms with Crippen molar-refractivity contribution < 1.29 is 14.3 Å². The summed E-state index contributed by atoms with van der Waals surface area (Å²) in [6.07, 6.45) is 3.44. The van der Waals surface area contributed by atoms with Crippen molar-refractivity contribution in [2.24, 2.45) is 0 Å². The molecule has 0 spiro atoms. The maximum Gasteiger partial charge on any atom is 0.347 e. The van der Waals surface area contributed by atoms with Gasteiger partial charge in [-0.25, -0.2) is 4.79 Å². The molecular formula is C22H27NO3. The summed E-state index contributed by atoms with van der Waals surface area (Å²) < 4.78 is 11.7. The van der Waals surface area contributed by atoms with E-state index in [-0.39, 0.29) is 12.0 Å². The number of esters is 1. The van der Waals surface area contributed by atoms with Crippen LogP contribution in [0.1, 0.15) is 30.4 Å². The minimum Gasteiger partial charge on any atom is -0.461 e. The fourth-order valence-corrected chi connectivity index (χ4v) is 3.70. The predicted molar refractivity (Wildman–Crippen MR) is 102 cm³/mol. The Labute approximate surface area is 155 Å². The Morgan fingerprint density at radius 2 is 1.62 bits per heavy atom. The highest BCUT2D eigenvalue weighted by atomic mass is 16.6. The van der Waals surface area contributed by atoms with Crippen LogP contribution in [0.3, 0.4) is 0 Å². The third-order valence-corrected chi connectivity index (χ3v) is 5.28. The second-order valence-electron chi connectivity index (χ2n) is 6.85. The first-order chi connectivity index (χ1) is 12.7. The zero-order valence-electron chi connectivity index (χ0n) is 15.6. The maximum atomic E-state index is 13.3. The van der Waals surface area contributed by atoms with E-state index in [1.54, 1.807) is 7.11 Å². The Hall–Kier alpha value is -2.17. The number of benzene rings is 2. The predicted octanol–water partition coefficient (Wildman–Crippen LogP) is 3.60. The van der Waals surface area contributed by atoms with E-state index in [1.807, 2.05) is 60.7 Å². The lowest BCUT2D eigenvalue weighted by atomic mass is 9.86. The Bertz CT molecular complexity index is 662. The lowest BCUT2D eigenvalue weighted by Gasteiger charge is -2.35. The molecule has 26 heavy (non-hydrogen) atoms. The number of carbonyl (C=O) groups is 1. The highest BCUT2D eigenvalue weighted by Gasteiger charge is 2.44. The number of methoxy groups -OCH3 is 1. The average Bonchev–Trinajstić information content (AvgIpc) is 2.70. The number of likely N-dealkylation sites (N-methyl/N-ethyl adjacent to an activating group) is 1. The molecule has 1 unspecified atom stereocenters. The molecule has 138 valence electrons. The summed E-state index contributed by atoms with van der Waals surface area (Å²) in [5.41, 5.74) is 0.293. The number of nitrogens with zero attached hydrogens (tertiary/aromatic N) is 1. The van der Waals surface area contributed by atoms with E-state index in [0.29, 0.717) is 6.61 Å². The third-order valence-electron chi connectivity index (χ3n) is 5.28. The molecule has 4 nitrogen and oxygen atoms in total. The van der Waals surface area contributed by atoms with Crippen LogP contribution in [0.2, 0.25) is 0 Å². The zero-order valence-corrected chi connectivity index (χ0v) is 15.6. The van der Waals surface area contributed by atoms with Gasteiger partial charge in [0, 0.05) is 13.2 Å². The fourth-order valence-electron chi connectivity index (χ4n) is 3.70. The van der Waals surface area contributed by atoms with Gasteiger partial charge in [0.05, 0.1) is 0 Å². The number of hydrogen-bond acceptors (Lipinski definition) is 4. The highest BCUT2D eigenvalue weighted by Crippen LogP contribution is 2.35. The molecule has 0 N–H and O–H groups in total. The maximum absolute atomic E-state index is 13.3. The molecular weight excluding hydrogens is 326 g/mol. The van der Waals surface area contributed by atoms with Gasteiger partial charge in [0.25, 0.3) is 0 Å². The van der Waals surface area contributed by atoms with Crippen molar-refractivity contribution in [2.75, 3.05) is 27.3 Å². The van der Waals surface area contributed by atoms with Crippen LogP contribution in [0.15, 0.2) is 60.7 Å². The topological polar surface area (TPSA) is 38.8 Å². The number of piperidine rings is 1. The van der Waals surface area contributed by atoms with E-state index in [2.05, 4.69) is 11.9 Å². The van der Waals surface area contributed by atoms with E-state index in [1.165, 1.54) is 12.8 Å². The molecule has 1 aliphatic rings. The average molecular weight is 353 g/mol. The Kier molecular flexibility index (Phi) is 6.07. The van der Waals surface area contributed by atoms with Crippen molar-refractivity contribution in [3.05, 3.63) is 71.8 Å². The van der Waals surface area contributed by atoms with Gasteiger partial charge in [-0.1, -0.05) is 67.1 Å². The van der Waals surface area contributed by atoms with Crippen LogP contribution >= 0.6 is 0 Å². The molecule has 1 atom stereocenters. The van der Waals surface area contributed by atoms with Crippen LogP contribution in [-0.4, -0.2) is 44.2 Å². The second kappa shape index (κ2) is 8.47. The number of likely N-dealkylation sites (tertiary alicyclic amines) is 1. The van der Waals surface area contributed by atoms with Crippen LogP contribution in [0.5, 0.6) is 0 Å². The molecule has 2 aromatic carbocycles. The lowest BCUT2D eigenvalue weighted by Crippen LogP contribution is -2.44. The van der Waals surface area contributed by atoms with Gasteiger partial charge in [0.2, 0.25) is 5.60 Å². The van der Waals surface area contributed by atoms with Crippen LogP contribution in [0.25, 0.3) is 0 Å². The van der Waals surface area contributed by atoms with E-state index in [4.69, 9.17) is 9.47 Å². The van der Waals surface area contributed by atoms with E-state index >= 15 is 0 Å². The van der Waals surface area contributed by atoms with Crippen molar-refractivity contribution in [3.8, 4) is 0 Å². The van der Waals surface area contributed by atoms with Crippen molar-refractivity contribution in [2.45, 2.75) is 30.9 Å². The van der Waals surface area contributed by atoms with Crippen molar-refractivity contribution >= 4 is 5.97 Å². The smallest absolute Gasteiger partial charge is 0.347 e. The van der Waals surface area contributed by atoms with Crippen LogP contribution < -0.4 is 0 Å². The van der Waals surface area contributed by atoms with Gasteiger partial charge < -0.3 is 14.4 Å². The molecule has 1 heterocycles. The van der Waals surface area contributed by atoms with Gasteiger partial charge in [-0.2, -0.15) is 0 Å². The number of carbonyl (C=O) groups excluding carboxylic acids is 1. The molecule has 0 radical (unpaired) electrons. The largest absolute Gasteiger partial charge is 0.461 e. The third kappa shape index (κ3) is 3.67. The van der Waals surface area contributed by atoms with Gasteiger partial charge in [0.1, 0.15) is 6.61 Å². The Morgan fingerprint density at radius 1 is 1.04 bits per heavy atom. The molecule has 0 aromatic heterocycles. The van der Waals surface area contributed by atoms with Crippen molar-refractivity contribution in [3.63, 3.8) is 0 Å². The van der Waals surface area contributed by atoms with Gasteiger partial charge in [-0.05, 0) is 37.6 Å². The Morgan fingerprint density at radius 3 is 2.12 bits per heavy atom. The van der Waals surface area contributed by atoms with E-state index in [0.717, 1.165) is 24.1 Å². The van der Waals surface area contributed by atoms with E-state index in [9.17, 15) is 4.79 Å². The standard InChI is InChI=1S/C22H27NO3/c1-23-16-10-9-15-20(23)17-26-21(24)22(25-2,18-11-5-3-6-12-18)19-13-7-4-8-14-19/h3-8,11-14,20H,9-10,15-17H2,1-2H3. The molecule has 1 fully saturated rings. The van der Waals surface area contributed by atoms with Gasteiger partial charge >= 0.3 is 5.97 Å². The first kappa shape index (κ1) is 18.6. The molecule has 0 bridgehead atoms. The second-order valence-corrected chi connectivity index (χ2v) is 6.85. The SMILES string of the molecule is COC(C(=O)OCC1CCCCN1C)(c1ccccc1)c1ccccc1. The molecule has 1 aliphatic heterocycles. The molecule has 4 heteroatoms. The zero-order chi connectivity index (χ0) is 18.4. The summed E-state index contributed by atoms with van der Waals surface area (Å²) in [4.78, 5) is 15.6. The van der Waals surface area contributed by atoms with Gasteiger partial charge in [0.15, 0.2) is 0 Å². The quantitative estimate of drug-likeness (QED) is 0.744. The summed E-state index contributed by atoms with van der Waals surface area (Å²) in [6, 6.07) is 19.4. The van der Waals surface area contributed by atoms with Gasteiger partial charge in [-0.3, -0.25) is 0 Å². The minimum atomic E-state index is -1.25. The van der Waals surface area contributed by atoms with Crippen LogP contribution in [0.4, 0.5) is 0 Å². The summed E-state index contributed by atoms with van der Waals surface area (Å²) in [6.45, 7) is 1.44. The summed E-state index contributed by atoms with van der Waals surface area (Å²) >= 11 is 0. The normalized spacial score (nSPS) is 18.5. The fraction of sp³-hybridized carbons (Fsp3) is 0.409. The molecule has 0 saturated carbocycles. The lowest BCUT2D eigenvalue weighted by molar-refractivity contribution is -0.167. The van der Waals surface area contributed by atoms with Crippen molar-refractivity contribution in [1.29, 1.82) is 0 Å². The van der Waals surface area contributed by atoms with Crippen LogP contribution in [0, 0.1) is 0 Å². The summed E-state index contributed by atoms with van der Waals surface area (Å²) in [5, 5.41) is 0. The van der Waals surface area contributed by atoms with Gasteiger partial charge in [-0.15, -0.1) is 0 Å². The first-order valence-electron chi connectivity index (χ1n) is 9.22. The summed E-state index contributed by atoms with van der Waals surface area (Å²) in [7, 11) is 3.66. The number of hydrogen-bond donors (Lipinski definition) is 0. The first-order valence-corrected chi connectivity index (χ1v) is 9.22. The molecule has 0 amide bonds.